The van der Waals surface area contributed by atoms with Gasteiger partial charge in [0.1, 0.15) is 0 Å². The lowest BCUT2D eigenvalue weighted by Crippen LogP contribution is -2.49. The number of ether oxygens (including phenoxy) is 1. The predicted octanol–water partition coefficient (Wildman–Crippen LogP) is 1.92. The van der Waals surface area contributed by atoms with Gasteiger partial charge >= 0.3 is 11.2 Å². The van der Waals surface area contributed by atoms with Gasteiger partial charge in [0, 0.05) is 18.9 Å². The molecule has 1 saturated heterocycles. The molecule has 1 aromatic carbocycles. The molecule has 9 nitrogen and oxygen atoms in total. The van der Waals surface area contributed by atoms with Crippen LogP contribution in [0.15, 0.2) is 58.5 Å². The lowest BCUT2D eigenvalue weighted by Gasteiger charge is -2.32. The number of hydrogen-bond donors (Lipinski definition) is 2. The smallest absolute Gasteiger partial charge is 0.493 e. The SMILES string of the molecule is Cc1c(O)n(-c2ccc(S(=O)(=O)C(F)(F)F)cc2)c(=O)n1C(c1ccncc1)C1COCCN1. The molecule has 2 aromatic heterocycles. The fraction of sp³-hybridized carbons (Fsp3) is 0.333. The zero-order valence-electron chi connectivity index (χ0n) is 17.9. The van der Waals surface area contributed by atoms with E-state index in [1.165, 1.54) is 11.5 Å². The summed E-state index contributed by atoms with van der Waals surface area (Å²) in [5.74, 6) is -0.424. The number of halogens is 3. The van der Waals surface area contributed by atoms with Crippen molar-refractivity contribution in [2.24, 2.45) is 0 Å². The van der Waals surface area contributed by atoms with Crippen LogP contribution in [-0.2, 0) is 14.6 Å². The third-order valence-electron chi connectivity index (χ3n) is 5.66. The molecule has 1 fully saturated rings. The highest BCUT2D eigenvalue weighted by Crippen LogP contribution is 2.32. The van der Waals surface area contributed by atoms with Crippen LogP contribution in [0.4, 0.5) is 13.2 Å². The Labute approximate surface area is 192 Å². The number of aromatic hydroxyl groups is 1. The Kier molecular flexibility index (Phi) is 6.27. The van der Waals surface area contributed by atoms with E-state index in [9.17, 15) is 31.5 Å². The van der Waals surface area contributed by atoms with Gasteiger partial charge in [0.05, 0.1) is 41.6 Å². The second-order valence-electron chi connectivity index (χ2n) is 7.70. The van der Waals surface area contributed by atoms with Crippen molar-refractivity contribution in [3.8, 4) is 11.6 Å². The highest BCUT2D eigenvalue weighted by atomic mass is 32.2. The minimum atomic E-state index is -5.55. The van der Waals surface area contributed by atoms with E-state index in [1.54, 1.807) is 24.5 Å². The van der Waals surface area contributed by atoms with E-state index >= 15 is 0 Å². The first-order valence-electron chi connectivity index (χ1n) is 10.2. The largest absolute Gasteiger partial charge is 0.501 e. The van der Waals surface area contributed by atoms with E-state index in [4.69, 9.17) is 4.74 Å². The fourth-order valence-corrected chi connectivity index (χ4v) is 4.75. The zero-order valence-corrected chi connectivity index (χ0v) is 18.7. The number of imidazole rings is 1. The van der Waals surface area contributed by atoms with Crippen molar-refractivity contribution in [2.45, 2.75) is 29.4 Å². The molecule has 1 aliphatic rings. The quantitative estimate of drug-likeness (QED) is 0.552. The van der Waals surface area contributed by atoms with Gasteiger partial charge < -0.3 is 15.2 Å². The van der Waals surface area contributed by atoms with Crippen molar-refractivity contribution in [2.75, 3.05) is 19.8 Å². The molecular formula is C21H21F3N4O5S. The first-order valence-corrected chi connectivity index (χ1v) is 11.7. The summed E-state index contributed by atoms with van der Waals surface area (Å²) >= 11 is 0. The minimum absolute atomic E-state index is 0.00630. The topological polar surface area (TPSA) is 115 Å². The lowest BCUT2D eigenvalue weighted by molar-refractivity contribution is -0.0436. The predicted molar refractivity (Wildman–Crippen MR) is 115 cm³/mol. The molecule has 182 valence electrons. The Hall–Kier alpha value is -3.16. The van der Waals surface area contributed by atoms with E-state index in [1.807, 2.05) is 0 Å². The van der Waals surface area contributed by atoms with Gasteiger partial charge in [-0.2, -0.15) is 13.2 Å². The highest BCUT2D eigenvalue weighted by Gasteiger charge is 2.46. The number of nitrogens with one attached hydrogen (secondary N) is 1. The number of hydrogen-bond acceptors (Lipinski definition) is 7. The van der Waals surface area contributed by atoms with Crippen LogP contribution < -0.4 is 11.0 Å². The van der Waals surface area contributed by atoms with Gasteiger partial charge in [-0.15, -0.1) is 0 Å². The molecule has 4 rings (SSSR count). The molecular weight excluding hydrogens is 477 g/mol. The van der Waals surface area contributed by atoms with Gasteiger partial charge in [0.25, 0.3) is 9.84 Å². The molecule has 34 heavy (non-hydrogen) atoms. The third kappa shape index (κ3) is 4.10. The van der Waals surface area contributed by atoms with Crippen molar-refractivity contribution in [3.05, 3.63) is 70.5 Å². The van der Waals surface area contributed by atoms with E-state index < -0.39 is 37.9 Å². The van der Waals surface area contributed by atoms with E-state index in [-0.39, 0.29) is 17.4 Å². The van der Waals surface area contributed by atoms with E-state index in [2.05, 4.69) is 10.3 Å². The second kappa shape index (κ2) is 8.89. The van der Waals surface area contributed by atoms with Crippen LogP contribution in [0.3, 0.4) is 0 Å². The number of rotatable bonds is 5. The lowest BCUT2D eigenvalue weighted by atomic mass is 9.99. The number of sulfone groups is 1. The van der Waals surface area contributed by atoms with E-state index in [0.29, 0.717) is 19.8 Å². The molecule has 0 aliphatic carbocycles. The summed E-state index contributed by atoms with van der Waals surface area (Å²) < 4.78 is 69.7. The first kappa shape index (κ1) is 24.0. The number of morpholine rings is 1. The third-order valence-corrected chi connectivity index (χ3v) is 7.16. The second-order valence-corrected chi connectivity index (χ2v) is 9.64. The van der Waals surface area contributed by atoms with E-state index in [0.717, 1.165) is 34.4 Å². The number of nitrogens with zero attached hydrogens (tertiary/aromatic N) is 3. The van der Waals surface area contributed by atoms with Gasteiger partial charge in [-0.1, -0.05) is 0 Å². The Morgan fingerprint density at radius 3 is 2.38 bits per heavy atom. The van der Waals surface area contributed by atoms with Crippen LogP contribution in [0.2, 0.25) is 0 Å². The number of alkyl halides is 3. The maximum Gasteiger partial charge on any atom is 0.501 e. The summed E-state index contributed by atoms with van der Waals surface area (Å²) in [5.41, 5.74) is -5.17. The van der Waals surface area contributed by atoms with Crippen LogP contribution in [0, 0.1) is 6.92 Å². The molecule has 0 amide bonds. The zero-order chi connectivity index (χ0) is 24.7. The van der Waals surface area contributed by atoms with Gasteiger partial charge in [0.15, 0.2) is 0 Å². The fourth-order valence-electron chi connectivity index (χ4n) is 3.99. The summed E-state index contributed by atoms with van der Waals surface area (Å²) in [6.45, 7) is 2.90. The van der Waals surface area contributed by atoms with Crippen molar-refractivity contribution >= 4 is 9.84 Å². The van der Waals surface area contributed by atoms with Crippen LogP contribution in [0.5, 0.6) is 5.88 Å². The Bertz CT molecular complexity index is 1330. The monoisotopic (exact) mass is 498 g/mol. The van der Waals surface area contributed by atoms with Gasteiger partial charge in [-0.3, -0.25) is 9.55 Å². The van der Waals surface area contributed by atoms with Crippen molar-refractivity contribution in [3.63, 3.8) is 0 Å². The van der Waals surface area contributed by atoms with Crippen LogP contribution in [0.1, 0.15) is 17.3 Å². The Morgan fingerprint density at radius 2 is 1.82 bits per heavy atom. The Balaban J connectivity index is 1.82. The molecule has 0 bridgehead atoms. The average Bonchev–Trinajstić information content (AvgIpc) is 3.03. The van der Waals surface area contributed by atoms with Crippen molar-refractivity contribution < 1.29 is 31.4 Å². The van der Waals surface area contributed by atoms with Gasteiger partial charge in [-0.05, 0) is 48.9 Å². The Morgan fingerprint density at radius 1 is 1.18 bits per heavy atom. The molecule has 2 unspecified atom stereocenters. The normalized spacial score (nSPS) is 18.1. The molecule has 0 saturated carbocycles. The van der Waals surface area contributed by atoms with Crippen LogP contribution >= 0.6 is 0 Å². The van der Waals surface area contributed by atoms with Gasteiger partial charge in [0.2, 0.25) is 5.88 Å². The maximum absolute atomic E-state index is 13.5. The average molecular weight is 498 g/mol. The van der Waals surface area contributed by atoms with Crippen molar-refractivity contribution in [1.82, 2.24) is 19.4 Å². The summed E-state index contributed by atoms with van der Waals surface area (Å²) in [5, 5.41) is 14.1. The molecule has 13 heteroatoms. The highest BCUT2D eigenvalue weighted by molar-refractivity contribution is 7.92. The summed E-state index contributed by atoms with van der Waals surface area (Å²) in [6.07, 6.45) is 3.14. The van der Waals surface area contributed by atoms with Crippen LogP contribution in [-0.4, -0.2) is 59.0 Å². The van der Waals surface area contributed by atoms with Crippen molar-refractivity contribution in [1.29, 1.82) is 0 Å². The molecule has 3 heterocycles. The standard InChI is InChI=1S/C21H21F3N4O5S/c1-13-19(29)28(15-2-4-16(5-3-15)34(31,32)21(22,23)24)20(30)27(13)18(14-6-8-25-9-7-14)17-12-33-11-10-26-17/h2-9,17-18,26,29H,10-12H2,1H3. The molecule has 0 spiro atoms. The number of pyridine rings is 1. The minimum Gasteiger partial charge on any atom is -0.493 e. The number of benzene rings is 1. The molecule has 3 aromatic rings. The first-order chi connectivity index (χ1) is 16.0. The molecule has 1 aliphatic heterocycles. The summed E-state index contributed by atoms with van der Waals surface area (Å²) in [6, 6.07) is 6.12. The molecule has 2 atom stereocenters. The van der Waals surface area contributed by atoms with Gasteiger partial charge in [-0.25, -0.2) is 17.8 Å². The summed E-state index contributed by atoms with van der Waals surface area (Å²) in [4.78, 5) is 16.5. The number of aromatic nitrogens is 3. The molecule has 0 radical (unpaired) electrons. The summed E-state index contributed by atoms with van der Waals surface area (Å²) in [7, 11) is -5.55. The van der Waals surface area contributed by atoms with Crippen LogP contribution in [0.25, 0.3) is 5.69 Å². The molecule has 2 N–H and O–H groups in total. The maximum atomic E-state index is 13.5.